The first kappa shape index (κ1) is 62.6. The molecule has 13 nitrogen and oxygen atoms in total. The maximum atomic E-state index is 12.9. The van der Waals surface area contributed by atoms with Gasteiger partial charge in [-0.3, -0.25) is 18.6 Å². The fraction of sp³-hybridized carbons (Fsp3) is 0.923. The topological polar surface area (TPSA) is 210 Å². The zero-order valence-corrected chi connectivity index (χ0v) is 42.7. The number of esters is 2. The Kier molecular flexibility index (Phi) is 40.3. The fourth-order valence-corrected chi connectivity index (χ4v) is 9.48. The monoisotopic (exact) mass is 963 g/mol. The molecule has 0 aromatic heterocycles. The van der Waals surface area contributed by atoms with Crippen molar-refractivity contribution < 1.29 is 63.1 Å². The van der Waals surface area contributed by atoms with Gasteiger partial charge in [-0.1, -0.05) is 219 Å². The van der Waals surface area contributed by atoms with E-state index < -0.39 is 75.7 Å². The predicted octanol–water partition coefficient (Wildman–Crippen LogP) is 11.8. The molecule has 1 rings (SSSR count). The number of phosphoric ester groups is 1. The third-order valence-corrected chi connectivity index (χ3v) is 13.8. The molecule has 0 aromatic rings. The van der Waals surface area contributed by atoms with Crippen LogP contribution in [0.2, 0.25) is 0 Å². The maximum Gasteiger partial charge on any atom is 0.472 e. The molecular formula is C52H99O13P. The highest BCUT2D eigenvalue weighted by molar-refractivity contribution is 7.47. The number of phosphoric acid groups is 1. The molecule has 1 fully saturated rings. The normalized spacial score (nSPS) is 21.3. The number of hydrogen-bond acceptors (Lipinski definition) is 12. The smallest absolute Gasteiger partial charge is 0.462 e. The number of aliphatic hydroxyl groups is 5. The fourth-order valence-electron chi connectivity index (χ4n) is 8.51. The summed E-state index contributed by atoms with van der Waals surface area (Å²) < 4.78 is 33.7. The van der Waals surface area contributed by atoms with Gasteiger partial charge in [0, 0.05) is 12.8 Å². The van der Waals surface area contributed by atoms with Crippen molar-refractivity contribution in [2.24, 2.45) is 0 Å². The zero-order chi connectivity index (χ0) is 48.5. The van der Waals surface area contributed by atoms with Crippen LogP contribution in [0.25, 0.3) is 0 Å². The van der Waals surface area contributed by atoms with E-state index in [9.17, 15) is 44.6 Å². The quantitative estimate of drug-likeness (QED) is 0.0145. The van der Waals surface area contributed by atoms with Gasteiger partial charge in [0.2, 0.25) is 0 Å². The molecule has 0 spiro atoms. The van der Waals surface area contributed by atoms with Crippen molar-refractivity contribution in [3.63, 3.8) is 0 Å². The summed E-state index contributed by atoms with van der Waals surface area (Å²) in [5, 5.41) is 50.3. The average molecular weight is 963 g/mol. The van der Waals surface area contributed by atoms with Crippen molar-refractivity contribution in [1.29, 1.82) is 0 Å². The first-order valence-corrected chi connectivity index (χ1v) is 28.5. The van der Waals surface area contributed by atoms with Crippen LogP contribution in [0.1, 0.15) is 251 Å². The summed E-state index contributed by atoms with van der Waals surface area (Å²) in [5.41, 5.74) is 0. The third kappa shape index (κ3) is 34.0. The molecular weight excluding hydrogens is 864 g/mol. The second-order valence-electron chi connectivity index (χ2n) is 19.1. The molecule has 1 aliphatic carbocycles. The minimum absolute atomic E-state index is 0.0988. The van der Waals surface area contributed by atoms with Gasteiger partial charge in [0.1, 0.15) is 43.2 Å². The summed E-state index contributed by atoms with van der Waals surface area (Å²) in [7, 11) is -5.12. The number of allylic oxidation sites excluding steroid dienone is 2. The molecule has 0 radical (unpaired) electrons. The molecule has 1 aliphatic rings. The van der Waals surface area contributed by atoms with E-state index >= 15 is 0 Å². The van der Waals surface area contributed by atoms with E-state index in [2.05, 4.69) is 26.0 Å². The Labute approximate surface area is 401 Å². The molecule has 14 heteroatoms. The highest BCUT2D eigenvalue weighted by Crippen LogP contribution is 2.47. The molecule has 1 saturated carbocycles. The van der Waals surface area contributed by atoms with Gasteiger partial charge in [-0.15, -0.1) is 0 Å². The van der Waals surface area contributed by atoms with Crippen molar-refractivity contribution in [2.45, 2.75) is 294 Å². The molecule has 0 heterocycles. The first-order valence-electron chi connectivity index (χ1n) is 27.0. The highest BCUT2D eigenvalue weighted by atomic mass is 31.2. The van der Waals surface area contributed by atoms with Crippen LogP contribution in [0.3, 0.4) is 0 Å². The Hall–Kier alpha value is -1.41. The summed E-state index contributed by atoms with van der Waals surface area (Å²) in [5.74, 6) is -1.09. The van der Waals surface area contributed by atoms with Gasteiger partial charge < -0.3 is 39.9 Å². The summed E-state index contributed by atoms with van der Waals surface area (Å²) >= 11 is 0. The number of aliphatic hydroxyl groups excluding tert-OH is 5. The molecule has 390 valence electrons. The number of carbonyl (C=O) groups is 2. The molecule has 66 heavy (non-hydrogen) atoms. The van der Waals surface area contributed by atoms with Gasteiger partial charge in [-0.2, -0.15) is 0 Å². The van der Waals surface area contributed by atoms with Crippen molar-refractivity contribution in [3.05, 3.63) is 12.2 Å². The van der Waals surface area contributed by atoms with Crippen molar-refractivity contribution in [2.75, 3.05) is 13.2 Å². The molecule has 6 N–H and O–H groups in total. The predicted molar refractivity (Wildman–Crippen MR) is 263 cm³/mol. The van der Waals surface area contributed by atoms with Crippen LogP contribution in [0.15, 0.2) is 12.2 Å². The SMILES string of the molecule is CCCC/C=C/CCCCCCCCCCCC(=O)O[C@@H](COC(=O)CCCCCCCCCCCCCCCCCCCCCCCC)COP(=O)(O)OC1C(O)C(O)C(O)[C@H](O)C1O. The van der Waals surface area contributed by atoms with Crippen LogP contribution in [-0.2, 0) is 32.7 Å². The lowest BCUT2D eigenvalue weighted by Gasteiger charge is -2.41. The minimum Gasteiger partial charge on any atom is -0.462 e. The summed E-state index contributed by atoms with van der Waals surface area (Å²) in [6.07, 6.45) is 34.1. The molecule has 0 saturated heterocycles. The van der Waals surface area contributed by atoms with E-state index in [-0.39, 0.29) is 12.8 Å². The van der Waals surface area contributed by atoms with Crippen LogP contribution >= 0.6 is 7.82 Å². The minimum atomic E-state index is -5.12. The van der Waals surface area contributed by atoms with E-state index in [1.807, 2.05) is 0 Å². The number of hydrogen-bond donors (Lipinski definition) is 6. The molecule has 6 unspecified atom stereocenters. The van der Waals surface area contributed by atoms with Crippen molar-refractivity contribution in [1.82, 2.24) is 0 Å². The van der Waals surface area contributed by atoms with Crippen LogP contribution in [0.4, 0.5) is 0 Å². The number of carbonyl (C=O) groups excluding carboxylic acids is 2. The molecule has 0 amide bonds. The van der Waals surface area contributed by atoms with E-state index in [4.69, 9.17) is 18.5 Å². The number of ether oxygens (including phenoxy) is 2. The second kappa shape index (κ2) is 42.5. The van der Waals surface area contributed by atoms with Crippen LogP contribution < -0.4 is 0 Å². The molecule has 0 aliphatic heterocycles. The van der Waals surface area contributed by atoms with Gasteiger partial charge in [0.05, 0.1) is 6.61 Å². The molecule has 0 aromatic carbocycles. The van der Waals surface area contributed by atoms with Crippen LogP contribution in [0, 0.1) is 0 Å². The standard InChI is InChI=1S/C52H99O13P/c1-3-5-7-9-11-13-15-17-19-20-21-22-23-24-25-27-28-30-32-34-36-38-40-45(53)62-42-44(43-63-66(60,61)65-52-50(58)48(56)47(55)49(57)51(52)59)64-46(54)41-39-37-35-33-31-29-26-18-16-14-12-10-8-6-4-2/h10,12,44,47-52,55-59H,3-9,11,13-43H2,1-2H3,(H,60,61)/b12-10+/t44-,47?,48-,49?,50?,51?,52?/m0/s1. The maximum absolute atomic E-state index is 12.9. The van der Waals surface area contributed by atoms with Gasteiger partial charge in [0.15, 0.2) is 6.10 Å². The van der Waals surface area contributed by atoms with Gasteiger partial charge in [-0.25, -0.2) is 4.57 Å². The van der Waals surface area contributed by atoms with Crippen molar-refractivity contribution in [3.8, 4) is 0 Å². The van der Waals surface area contributed by atoms with E-state index in [1.165, 1.54) is 161 Å². The van der Waals surface area contributed by atoms with Crippen LogP contribution in [-0.4, -0.2) is 98.3 Å². The summed E-state index contributed by atoms with van der Waals surface area (Å²) in [4.78, 5) is 35.9. The Morgan fingerprint density at radius 1 is 0.455 bits per heavy atom. The lowest BCUT2D eigenvalue weighted by molar-refractivity contribution is -0.220. The van der Waals surface area contributed by atoms with Crippen molar-refractivity contribution >= 4 is 19.8 Å². The number of unbranched alkanes of at least 4 members (excludes halogenated alkanes) is 32. The Bertz CT molecular complexity index is 1200. The van der Waals surface area contributed by atoms with E-state index in [0.29, 0.717) is 12.8 Å². The van der Waals surface area contributed by atoms with Gasteiger partial charge >= 0.3 is 19.8 Å². The summed E-state index contributed by atoms with van der Waals surface area (Å²) in [6, 6.07) is 0. The second-order valence-corrected chi connectivity index (χ2v) is 20.5. The first-order chi connectivity index (χ1) is 31.9. The van der Waals surface area contributed by atoms with Crippen LogP contribution in [0.5, 0.6) is 0 Å². The lowest BCUT2D eigenvalue weighted by Crippen LogP contribution is -2.64. The summed E-state index contributed by atoms with van der Waals surface area (Å²) in [6.45, 7) is 3.32. The third-order valence-electron chi connectivity index (χ3n) is 12.9. The average Bonchev–Trinajstić information content (AvgIpc) is 3.30. The Morgan fingerprint density at radius 2 is 0.788 bits per heavy atom. The van der Waals surface area contributed by atoms with Gasteiger partial charge in [-0.05, 0) is 32.1 Å². The zero-order valence-electron chi connectivity index (χ0n) is 41.8. The molecule has 8 atom stereocenters. The van der Waals surface area contributed by atoms with Gasteiger partial charge in [0.25, 0.3) is 0 Å². The van der Waals surface area contributed by atoms with E-state index in [1.54, 1.807) is 0 Å². The Morgan fingerprint density at radius 3 is 1.20 bits per heavy atom. The Balaban J connectivity index is 2.33. The molecule has 0 bridgehead atoms. The van der Waals surface area contributed by atoms with E-state index in [0.717, 1.165) is 51.4 Å². The number of rotatable bonds is 46. The lowest BCUT2D eigenvalue weighted by atomic mass is 9.85. The highest BCUT2D eigenvalue weighted by Gasteiger charge is 2.51. The largest absolute Gasteiger partial charge is 0.472 e.